The molecule has 0 saturated heterocycles. The lowest BCUT2D eigenvalue weighted by Crippen LogP contribution is -2.46. The average Bonchev–Trinajstić information content (AvgIpc) is 2.97. The summed E-state index contributed by atoms with van der Waals surface area (Å²) in [4.78, 5) is 17.3. The number of halogens is 1. The van der Waals surface area contributed by atoms with Crippen LogP contribution in [0.3, 0.4) is 0 Å². The van der Waals surface area contributed by atoms with Gasteiger partial charge in [-0.05, 0) is 29.7 Å². The van der Waals surface area contributed by atoms with Crippen LogP contribution in [0.1, 0.15) is 19.4 Å². The maximum Gasteiger partial charge on any atom is 0.283 e. The third kappa shape index (κ3) is 3.67. The van der Waals surface area contributed by atoms with Gasteiger partial charge in [0, 0.05) is 4.47 Å². The highest BCUT2D eigenvalue weighted by Crippen LogP contribution is 2.30. The van der Waals surface area contributed by atoms with Crippen molar-refractivity contribution in [2.24, 2.45) is 15.3 Å². The summed E-state index contributed by atoms with van der Waals surface area (Å²) in [5.74, 6) is -1.01. The molecule has 3 rings (SSSR count). The van der Waals surface area contributed by atoms with Gasteiger partial charge in [0.25, 0.3) is 5.91 Å². The molecule has 0 aliphatic carbocycles. The second kappa shape index (κ2) is 7.09. The minimum Gasteiger partial charge on any atom is -0.283 e. The molecule has 0 bridgehead atoms. The minimum atomic E-state index is -3.69. The molecule has 2 aliphatic heterocycles. The lowest BCUT2D eigenvalue weighted by atomic mass is 10.1. The number of amidine groups is 3. The Morgan fingerprint density at radius 1 is 1.31 bits per heavy atom. The van der Waals surface area contributed by atoms with Gasteiger partial charge in [-0.15, -0.1) is 0 Å². The fraction of sp³-hybridized carbons (Fsp3) is 0.250. The molecule has 0 fully saturated rings. The number of hydrogen-bond acceptors (Lipinski definition) is 6. The Bertz CT molecular complexity index is 979. The van der Waals surface area contributed by atoms with Crippen LogP contribution in [0.5, 0.6) is 0 Å². The van der Waals surface area contributed by atoms with Crippen LogP contribution < -0.4 is 0 Å². The normalized spacial score (nSPS) is 19.1. The smallest absolute Gasteiger partial charge is 0.283 e. The fourth-order valence-corrected chi connectivity index (χ4v) is 5.43. The molecule has 1 N–H and O–H groups in total. The highest BCUT2D eigenvalue weighted by atomic mass is 79.9. The maximum absolute atomic E-state index is 12.6. The topological polar surface area (TPSA) is 103 Å². The van der Waals surface area contributed by atoms with Crippen molar-refractivity contribution in [3.05, 3.63) is 39.9 Å². The van der Waals surface area contributed by atoms with Crippen molar-refractivity contribution in [3.63, 3.8) is 0 Å². The number of aliphatic imine (C=N–C) groups is 1. The predicted molar refractivity (Wildman–Crippen MR) is 108 cm³/mol. The van der Waals surface area contributed by atoms with E-state index < -0.39 is 15.7 Å². The summed E-state index contributed by atoms with van der Waals surface area (Å²) in [6, 6.07) is 7.17. The van der Waals surface area contributed by atoms with Crippen LogP contribution in [-0.4, -0.2) is 41.1 Å². The molecule has 0 radical (unpaired) electrons. The molecule has 0 saturated carbocycles. The highest BCUT2D eigenvalue weighted by Gasteiger charge is 2.42. The van der Waals surface area contributed by atoms with Gasteiger partial charge in [-0.25, -0.2) is 13.3 Å². The van der Waals surface area contributed by atoms with E-state index in [2.05, 4.69) is 25.3 Å². The zero-order valence-corrected chi connectivity index (χ0v) is 17.2. The van der Waals surface area contributed by atoms with Gasteiger partial charge in [-0.2, -0.15) is 9.39 Å². The Balaban J connectivity index is 2.00. The molecule has 2 aliphatic rings. The summed E-state index contributed by atoms with van der Waals surface area (Å²) >= 11 is 4.13. The monoisotopic (exact) mass is 454 g/mol. The van der Waals surface area contributed by atoms with Crippen molar-refractivity contribution >= 4 is 65.9 Å². The first-order chi connectivity index (χ1) is 12.2. The van der Waals surface area contributed by atoms with E-state index in [1.807, 2.05) is 12.1 Å². The number of hydrogen-bond donors (Lipinski definition) is 1. The summed E-state index contributed by atoms with van der Waals surface area (Å²) < 4.78 is 30.0. The van der Waals surface area contributed by atoms with Crippen LogP contribution in [0, 0.1) is 11.3 Å². The standard InChI is InChI=1S/C16H15BrN4O3S2/c1-9(2)8-26(23,24)16-20-25-15-19-14(22)12(13(18)21(15)16)7-10-3-5-11(17)6-4-10/h3-7,9,18H,8H2,1-2H3/b12-7-,18-13?. The maximum atomic E-state index is 12.6. The van der Waals surface area contributed by atoms with E-state index in [9.17, 15) is 13.2 Å². The van der Waals surface area contributed by atoms with Gasteiger partial charge in [0.1, 0.15) is 5.84 Å². The number of amides is 1. The summed E-state index contributed by atoms with van der Waals surface area (Å²) in [7, 11) is -3.69. The van der Waals surface area contributed by atoms with Crippen molar-refractivity contribution in [1.82, 2.24) is 4.90 Å². The van der Waals surface area contributed by atoms with E-state index in [0.29, 0.717) is 5.56 Å². The molecule has 0 aromatic heterocycles. The molecule has 0 atom stereocenters. The molecule has 1 aromatic rings. The van der Waals surface area contributed by atoms with Crippen molar-refractivity contribution in [1.29, 1.82) is 5.41 Å². The van der Waals surface area contributed by atoms with Crippen LogP contribution in [0.2, 0.25) is 0 Å². The Hall–Kier alpha value is -1.78. The number of carbonyl (C=O) groups excluding carboxylic acids is 1. The second-order valence-electron chi connectivity index (χ2n) is 6.13. The summed E-state index contributed by atoms with van der Waals surface area (Å²) in [5.41, 5.74) is 0.723. The van der Waals surface area contributed by atoms with Crippen molar-refractivity contribution in [2.75, 3.05) is 5.75 Å². The number of nitrogens with zero attached hydrogens (tertiary/aromatic N) is 3. The van der Waals surface area contributed by atoms with Gasteiger partial charge >= 0.3 is 0 Å². The van der Waals surface area contributed by atoms with Crippen LogP contribution in [0.15, 0.2) is 43.7 Å². The highest BCUT2D eigenvalue weighted by molar-refractivity contribution is 9.10. The first kappa shape index (κ1) is 19.0. The molecule has 1 aromatic carbocycles. The summed E-state index contributed by atoms with van der Waals surface area (Å²) in [5, 5.41) is 8.23. The molecule has 2 heterocycles. The van der Waals surface area contributed by atoms with Gasteiger partial charge in [0.15, 0.2) is 0 Å². The van der Waals surface area contributed by atoms with Gasteiger partial charge in [-0.1, -0.05) is 41.9 Å². The van der Waals surface area contributed by atoms with Gasteiger partial charge in [0.05, 0.1) is 23.3 Å². The van der Waals surface area contributed by atoms with E-state index in [1.165, 1.54) is 6.08 Å². The number of rotatable bonds is 3. The van der Waals surface area contributed by atoms with Crippen LogP contribution in [0.4, 0.5) is 0 Å². The molecular formula is C16H15BrN4O3S2. The number of carbonyl (C=O) groups is 1. The van der Waals surface area contributed by atoms with E-state index in [0.717, 1.165) is 21.3 Å². The zero-order valence-electron chi connectivity index (χ0n) is 13.9. The number of sulfone groups is 1. The Morgan fingerprint density at radius 2 is 1.96 bits per heavy atom. The molecule has 10 heteroatoms. The zero-order chi connectivity index (χ0) is 19.1. The molecule has 0 spiro atoms. The number of nitrogens with one attached hydrogen (secondary N) is 1. The Morgan fingerprint density at radius 3 is 2.58 bits per heavy atom. The molecule has 136 valence electrons. The first-order valence-electron chi connectivity index (χ1n) is 7.66. The largest absolute Gasteiger partial charge is 0.283 e. The lowest BCUT2D eigenvalue weighted by Gasteiger charge is -2.24. The molecule has 26 heavy (non-hydrogen) atoms. The van der Waals surface area contributed by atoms with Crippen molar-refractivity contribution in [2.45, 2.75) is 13.8 Å². The van der Waals surface area contributed by atoms with E-state index in [1.54, 1.807) is 26.0 Å². The van der Waals surface area contributed by atoms with Crippen LogP contribution >= 0.6 is 27.9 Å². The Kier molecular flexibility index (Phi) is 5.18. The van der Waals surface area contributed by atoms with E-state index in [-0.39, 0.29) is 33.4 Å². The summed E-state index contributed by atoms with van der Waals surface area (Å²) in [6.45, 7) is 3.58. The quantitative estimate of drug-likeness (QED) is 0.558. The van der Waals surface area contributed by atoms with Gasteiger partial charge in [0.2, 0.25) is 20.2 Å². The molecule has 1 amide bonds. The predicted octanol–water partition coefficient (Wildman–Crippen LogP) is 3.10. The Labute approximate surface area is 164 Å². The van der Waals surface area contributed by atoms with Crippen LogP contribution in [-0.2, 0) is 14.6 Å². The van der Waals surface area contributed by atoms with E-state index >= 15 is 0 Å². The van der Waals surface area contributed by atoms with Gasteiger partial charge in [-0.3, -0.25) is 10.2 Å². The number of fused-ring (bicyclic) bond motifs is 1. The molecule has 7 nitrogen and oxygen atoms in total. The average molecular weight is 455 g/mol. The van der Waals surface area contributed by atoms with Gasteiger partial charge < -0.3 is 0 Å². The first-order valence-corrected chi connectivity index (χ1v) is 10.9. The molecule has 0 unspecified atom stereocenters. The van der Waals surface area contributed by atoms with E-state index in [4.69, 9.17) is 5.41 Å². The van der Waals surface area contributed by atoms with Crippen molar-refractivity contribution in [3.8, 4) is 0 Å². The third-order valence-corrected chi connectivity index (χ3v) is 6.79. The summed E-state index contributed by atoms with van der Waals surface area (Å²) in [6.07, 6.45) is 1.52. The minimum absolute atomic E-state index is 0.0195. The fourth-order valence-electron chi connectivity index (χ4n) is 2.44. The second-order valence-corrected chi connectivity index (χ2v) is 9.71. The van der Waals surface area contributed by atoms with Crippen LogP contribution in [0.25, 0.3) is 6.08 Å². The molecular weight excluding hydrogens is 440 g/mol. The SMILES string of the molecule is CC(C)CS(=O)(=O)C1=NSC2=NC(=O)/C(=C\c3ccc(Br)cc3)C(=N)N21. The number of benzene rings is 1. The van der Waals surface area contributed by atoms with Crippen molar-refractivity contribution < 1.29 is 13.2 Å². The lowest BCUT2D eigenvalue weighted by molar-refractivity contribution is -0.114. The third-order valence-electron chi connectivity index (χ3n) is 3.51.